The number of thiophene rings is 1. The largest absolute Gasteiger partial charge is 0.271 e. The van der Waals surface area contributed by atoms with E-state index < -0.39 is 0 Å². The molecule has 3 atom stereocenters. The molecule has 1 aromatic heterocycles. The lowest BCUT2D eigenvalue weighted by Gasteiger charge is -2.34. The first-order valence-electron chi connectivity index (χ1n) is 7.82. The topological polar surface area (TPSA) is 38.0 Å². The van der Waals surface area contributed by atoms with Gasteiger partial charge in [-0.05, 0) is 55.4 Å². The van der Waals surface area contributed by atoms with Gasteiger partial charge < -0.3 is 0 Å². The first-order valence-corrected chi connectivity index (χ1v) is 8.70. The van der Waals surface area contributed by atoms with Crippen LogP contribution in [0.25, 0.3) is 0 Å². The van der Waals surface area contributed by atoms with Crippen LogP contribution in [0.5, 0.6) is 0 Å². The maximum atomic E-state index is 5.80. The molecule has 0 spiro atoms. The van der Waals surface area contributed by atoms with Crippen LogP contribution in [0, 0.1) is 11.8 Å². The molecule has 108 valence electrons. The van der Waals surface area contributed by atoms with Gasteiger partial charge in [-0.2, -0.15) is 0 Å². The van der Waals surface area contributed by atoms with Gasteiger partial charge in [-0.1, -0.05) is 32.3 Å². The van der Waals surface area contributed by atoms with Crippen molar-refractivity contribution >= 4 is 11.3 Å². The Hall–Kier alpha value is -0.380. The van der Waals surface area contributed by atoms with Crippen LogP contribution in [0.1, 0.15) is 56.7 Å². The summed E-state index contributed by atoms with van der Waals surface area (Å²) in [5, 5.41) is 2.17. The van der Waals surface area contributed by atoms with E-state index in [9.17, 15) is 0 Å². The second-order valence-corrected chi connectivity index (χ2v) is 6.98. The molecule has 1 saturated carbocycles. The average molecular weight is 280 g/mol. The molecule has 19 heavy (non-hydrogen) atoms. The van der Waals surface area contributed by atoms with Gasteiger partial charge in [-0.3, -0.25) is 11.3 Å². The van der Waals surface area contributed by atoms with Gasteiger partial charge in [0, 0.05) is 10.9 Å². The number of hydrogen-bond acceptors (Lipinski definition) is 3. The molecule has 2 nitrogen and oxygen atoms in total. The Labute approximate surface area is 121 Å². The number of aryl methyl sites for hydroxylation is 1. The minimum Gasteiger partial charge on any atom is -0.271 e. The summed E-state index contributed by atoms with van der Waals surface area (Å²) in [6.45, 7) is 2.33. The molecule has 3 unspecified atom stereocenters. The molecule has 3 heteroatoms. The minimum atomic E-state index is 0.523. The van der Waals surface area contributed by atoms with Gasteiger partial charge in [0.15, 0.2) is 0 Å². The quantitative estimate of drug-likeness (QED) is 0.582. The van der Waals surface area contributed by atoms with E-state index in [0.717, 1.165) is 11.8 Å². The molecule has 0 aromatic carbocycles. The first kappa shape index (κ1) is 15.0. The van der Waals surface area contributed by atoms with Crippen LogP contribution in [0.3, 0.4) is 0 Å². The summed E-state index contributed by atoms with van der Waals surface area (Å²) < 4.78 is 0. The van der Waals surface area contributed by atoms with Crippen LogP contribution in [0.2, 0.25) is 0 Å². The Kier molecular flexibility index (Phi) is 6.35. The lowest BCUT2D eigenvalue weighted by atomic mass is 9.76. The summed E-state index contributed by atoms with van der Waals surface area (Å²) in [4.78, 5) is 1.51. The maximum absolute atomic E-state index is 5.80. The standard InChI is InChI=1S/C16H28N2S/c1-2-13-6-3-7-14(12-13)16(18-17)10-4-8-15-9-5-11-19-15/h5,9,11,13-14,16,18H,2-4,6-8,10,12,17H2,1H3. The molecule has 1 heterocycles. The van der Waals surface area contributed by atoms with E-state index in [1.165, 1.54) is 56.2 Å². The van der Waals surface area contributed by atoms with Crippen molar-refractivity contribution in [1.29, 1.82) is 0 Å². The zero-order valence-corrected chi connectivity index (χ0v) is 12.9. The SMILES string of the molecule is CCC1CCCC(C(CCCc2cccs2)NN)C1. The molecular weight excluding hydrogens is 252 g/mol. The normalized spacial score (nSPS) is 25.4. The highest BCUT2D eigenvalue weighted by Gasteiger charge is 2.26. The van der Waals surface area contributed by atoms with Crippen molar-refractivity contribution < 1.29 is 0 Å². The molecule has 1 fully saturated rings. The third kappa shape index (κ3) is 4.59. The smallest absolute Gasteiger partial charge is 0.0239 e. The summed E-state index contributed by atoms with van der Waals surface area (Å²) in [6.07, 6.45) is 10.6. The van der Waals surface area contributed by atoms with Gasteiger partial charge in [-0.25, -0.2) is 0 Å². The predicted molar refractivity (Wildman–Crippen MR) is 84.1 cm³/mol. The predicted octanol–water partition coefficient (Wildman–Crippen LogP) is 4.12. The molecule has 0 bridgehead atoms. The number of hydrogen-bond donors (Lipinski definition) is 2. The number of nitrogens with one attached hydrogen (secondary N) is 1. The lowest BCUT2D eigenvalue weighted by molar-refractivity contribution is 0.201. The summed E-state index contributed by atoms with van der Waals surface area (Å²) >= 11 is 1.87. The van der Waals surface area contributed by atoms with Gasteiger partial charge in [0.25, 0.3) is 0 Å². The highest BCUT2D eigenvalue weighted by molar-refractivity contribution is 7.09. The fourth-order valence-corrected chi connectivity index (χ4v) is 4.23. The van der Waals surface area contributed by atoms with Crippen LogP contribution in [0.4, 0.5) is 0 Å². The van der Waals surface area contributed by atoms with E-state index in [0.29, 0.717) is 6.04 Å². The third-order valence-corrected chi connectivity index (χ3v) is 5.64. The van der Waals surface area contributed by atoms with E-state index in [-0.39, 0.29) is 0 Å². The van der Waals surface area contributed by atoms with Gasteiger partial charge >= 0.3 is 0 Å². The first-order chi connectivity index (χ1) is 9.33. The van der Waals surface area contributed by atoms with Crippen molar-refractivity contribution in [3.63, 3.8) is 0 Å². The average Bonchev–Trinajstić information content (AvgIpc) is 2.97. The van der Waals surface area contributed by atoms with E-state index >= 15 is 0 Å². The molecule has 0 aliphatic heterocycles. The van der Waals surface area contributed by atoms with E-state index in [1.54, 1.807) is 0 Å². The van der Waals surface area contributed by atoms with E-state index in [2.05, 4.69) is 29.9 Å². The minimum absolute atomic E-state index is 0.523. The number of hydrazine groups is 1. The molecule has 0 radical (unpaired) electrons. The molecule has 3 N–H and O–H groups in total. The van der Waals surface area contributed by atoms with E-state index in [1.807, 2.05) is 11.3 Å². The van der Waals surface area contributed by atoms with Crippen LogP contribution in [-0.4, -0.2) is 6.04 Å². The Morgan fingerprint density at radius 3 is 3.05 bits per heavy atom. The van der Waals surface area contributed by atoms with Crippen LogP contribution < -0.4 is 11.3 Å². The fourth-order valence-electron chi connectivity index (χ4n) is 3.47. The number of rotatable bonds is 7. The Morgan fingerprint density at radius 2 is 2.37 bits per heavy atom. The zero-order valence-electron chi connectivity index (χ0n) is 12.1. The highest BCUT2D eigenvalue weighted by atomic mass is 32.1. The summed E-state index contributed by atoms with van der Waals surface area (Å²) in [5.41, 5.74) is 3.10. The zero-order chi connectivity index (χ0) is 13.5. The fraction of sp³-hybridized carbons (Fsp3) is 0.750. The van der Waals surface area contributed by atoms with Crippen LogP contribution in [-0.2, 0) is 6.42 Å². The van der Waals surface area contributed by atoms with Gasteiger partial charge in [-0.15, -0.1) is 11.3 Å². The highest BCUT2D eigenvalue weighted by Crippen LogP contribution is 2.34. The summed E-state index contributed by atoms with van der Waals surface area (Å²) in [6, 6.07) is 4.91. The molecular formula is C16H28N2S. The second-order valence-electron chi connectivity index (χ2n) is 5.95. The maximum Gasteiger partial charge on any atom is 0.0239 e. The number of nitrogens with two attached hydrogens (primary N) is 1. The van der Waals surface area contributed by atoms with Gasteiger partial charge in [0.1, 0.15) is 0 Å². The molecule has 1 aliphatic carbocycles. The van der Waals surface area contributed by atoms with Crippen LogP contribution >= 0.6 is 11.3 Å². The van der Waals surface area contributed by atoms with Crippen molar-refractivity contribution in [1.82, 2.24) is 5.43 Å². The van der Waals surface area contributed by atoms with Crippen molar-refractivity contribution in [3.05, 3.63) is 22.4 Å². The molecule has 0 amide bonds. The summed E-state index contributed by atoms with van der Waals surface area (Å²) in [7, 11) is 0. The lowest BCUT2D eigenvalue weighted by Crippen LogP contribution is -2.42. The Bertz CT molecular complexity index is 337. The molecule has 2 rings (SSSR count). The van der Waals surface area contributed by atoms with Gasteiger partial charge in [0.05, 0.1) is 0 Å². The van der Waals surface area contributed by atoms with Crippen molar-refractivity contribution in [3.8, 4) is 0 Å². The Balaban J connectivity index is 1.75. The molecule has 0 saturated heterocycles. The monoisotopic (exact) mass is 280 g/mol. The molecule has 1 aliphatic rings. The van der Waals surface area contributed by atoms with Crippen LogP contribution in [0.15, 0.2) is 17.5 Å². The third-order valence-electron chi connectivity index (χ3n) is 4.70. The van der Waals surface area contributed by atoms with Crippen molar-refractivity contribution in [2.45, 2.75) is 64.3 Å². The van der Waals surface area contributed by atoms with Gasteiger partial charge in [0.2, 0.25) is 0 Å². The summed E-state index contributed by atoms with van der Waals surface area (Å²) in [5.74, 6) is 7.54. The Morgan fingerprint density at radius 1 is 1.47 bits per heavy atom. The van der Waals surface area contributed by atoms with E-state index in [4.69, 9.17) is 5.84 Å². The molecule has 1 aromatic rings. The second kappa shape index (κ2) is 8.03. The van der Waals surface area contributed by atoms with Crippen molar-refractivity contribution in [2.75, 3.05) is 0 Å². The van der Waals surface area contributed by atoms with Crippen molar-refractivity contribution in [2.24, 2.45) is 17.7 Å².